The van der Waals surface area contributed by atoms with Gasteiger partial charge in [0.25, 0.3) is 0 Å². The molecule has 8 nitrogen and oxygen atoms in total. The molecule has 0 spiro atoms. The number of amides is 1. The van der Waals surface area contributed by atoms with E-state index in [1.54, 1.807) is 6.07 Å². The number of fused-ring (bicyclic) bond motifs is 1. The molecule has 0 bridgehead atoms. The quantitative estimate of drug-likeness (QED) is 0.303. The van der Waals surface area contributed by atoms with E-state index >= 15 is 0 Å². The SMILES string of the molecule is Nc1ncc(OC(=O)NCCO)c2scc(COc3cccc(OCc4cccc(Cl)c4)c3)c12. The van der Waals surface area contributed by atoms with Crippen LogP contribution in [0.5, 0.6) is 17.2 Å². The van der Waals surface area contributed by atoms with Gasteiger partial charge in [-0.3, -0.25) is 0 Å². The number of hydrogen-bond donors (Lipinski definition) is 3. The predicted molar refractivity (Wildman–Crippen MR) is 132 cm³/mol. The minimum atomic E-state index is -0.678. The van der Waals surface area contributed by atoms with Crippen molar-refractivity contribution in [2.45, 2.75) is 13.2 Å². The van der Waals surface area contributed by atoms with Crippen LogP contribution >= 0.6 is 22.9 Å². The highest BCUT2D eigenvalue weighted by Gasteiger charge is 2.16. The van der Waals surface area contributed by atoms with Crippen molar-refractivity contribution in [3.05, 3.63) is 76.3 Å². The van der Waals surface area contributed by atoms with Crippen molar-refractivity contribution in [2.24, 2.45) is 0 Å². The monoisotopic (exact) mass is 499 g/mol. The summed E-state index contributed by atoms with van der Waals surface area (Å²) >= 11 is 7.40. The Kier molecular flexibility index (Phi) is 7.69. The number of nitrogens with zero attached hydrogens (tertiary/aromatic N) is 1. The molecule has 0 radical (unpaired) electrons. The summed E-state index contributed by atoms with van der Waals surface area (Å²) in [5.74, 6) is 1.90. The van der Waals surface area contributed by atoms with Crippen molar-refractivity contribution in [1.82, 2.24) is 10.3 Å². The van der Waals surface area contributed by atoms with Gasteiger partial charge in [-0.2, -0.15) is 0 Å². The Labute approximate surface area is 204 Å². The van der Waals surface area contributed by atoms with Gasteiger partial charge in [0.05, 0.1) is 17.5 Å². The summed E-state index contributed by atoms with van der Waals surface area (Å²) in [6.45, 7) is 0.535. The van der Waals surface area contributed by atoms with E-state index in [1.165, 1.54) is 17.5 Å². The van der Waals surface area contributed by atoms with Gasteiger partial charge in [-0.25, -0.2) is 9.78 Å². The third-order valence-corrected chi connectivity index (χ3v) is 6.02. The molecule has 2 aromatic heterocycles. The van der Waals surface area contributed by atoms with Crippen LogP contribution in [0.4, 0.5) is 10.6 Å². The fourth-order valence-corrected chi connectivity index (χ4v) is 4.41. The maximum atomic E-state index is 11.9. The van der Waals surface area contributed by atoms with Crippen LogP contribution in [0.25, 0.3) is 10.1 Å². The van der Waals surface area contributed by atoms with E-state index in [1.807, 2.05) is 47.8 Å². The van der Waals surface area contributed by atoms with Gasteiger partial charge in [0.15, 0.2) is 5.75 Å². The molecule has 2 aromatic carbocycles. The van der Waals surface area contributed by atoms with E-state index in [9.17, 15) is 4.79 Å². The molecular formula is C24H22ClN3O5S. The molecule has 0 atom stereocenters. The van der Waals surface area contributed by atoms with E-state index in [0.29, 0.717) is 39.0 Å². The van der Waals surface area contributed by atoms with Gasteiger partial charge in [0, 0.05) is 28.6 Å². The van der Waals surface area contributed by atoms with Gasteiger partial charge in [0.2, 0.25) is 0 Å². The number of halogens is 1. The van der Waals surface area contributed by atoms with Gasteiger partial charge in [0.1, 0.15) is 30.5 Å². The Hall–Kier alpha value is -3.53. The number of benzene rings is 2. The lowest BCUT2D eigenvalue weighted by Crippen LogP contribution is -2.29. The molecule has 4 rings (SSSR count). The summed E-state index contributed by atoms with van der Waals surface area (Å²) < 4.78 is 17.8. The van der Waals surface area contributed by atoms with Gasteiger partial charge < -0.3 is 30.4 Å². The smallest absolute Gasteiger partial charge is 0.412 e. The highest BCUT2D eigenvalue weighted by atomic mass is 35.5. The Morgan fingerprint density at radius 3 is 2.65 bits per heavy atom. The standard InChI is InChI=1S/C24H22ClN3O5S/c25-17-4-1-3-15(9-17)12-31-18-5-2-6-19(10-18)32-13-16-14-34-22-20(11-28-23(26)21(16)22)33-24(30)27-7-8-29/h1-6,9-11,14,29H,7-8,12-13H2,(H2,26,28)(H,27,30). The topological polar surface area (TPSA) is 116 Å². The summed E-state index contributed by atoms with van der Waals surface area (Å²) in [6.07, 6.45) is 0.723. The average Bonchev–Trinajstić information content (AvgIpc) is 3.27. The van der Waals surface area contributed by atoms with E-state index in [0.717, 1.165) is 11.1 Å². The third kappa shape index (κ3) is 5.88. The lowest BCUT2D eigenvalue weighted by molar-refractivity contribution is 0.196. The third-order valence-electron chi connectivity index (χ3n) is 4.75. The van der Waals surface area contributed by atoms with Gasteiger partial charge in [-0.1, -0.05) is 29.8 Å². The summed E-state index contributed by atoms with van der Waals surface area (Å²) in [5, 5.41) is 14.5. The maximum absolute atomic E-state index is 11.9. The first kappa shape index (κ1) is 23.6. The Balaban J connectivity index is 1.44. The molecule has 0 saturated carbocycles. The van der Waals surface area contributed by atoms with Gasteiger partial charge >= 0.3 is 6.09 Å². The molecule has 10 heteroatoms. The summed E-state index contributed by atoms with van der Waals surface area (Å²) in [4.78, 5) is 16.0. The molecule has 0 aliphatic heterocycles. The number of hydrogen-bond acceptors (Lipinski definition) is 8. The first-order valence-electron chi connectivity index (χ1n) is 10.3. The molecule has 0 saturated heterocycles. The molecule has 2 heterocycles. The number of rotatable bonds is 9. The minimum Gasteiger partial charge on any atom is -0.489 e. The minimum absolute atomic E-state index is 0.0930. The van der Waals surface area contributed by atoms with Crippen LogP contribution in [0, 0.1) is 0 Å². The van der Waals surface area contributed by atoms with E-state index in [2.05, 4.69) is 10.3 Å². The zero-order valence-electron chi connectivity index (χ0n) is 18.0. The molecule has 176 valence electrons. The molecule has 4 N–H and O–H groups in total. The van der Waals surface area contributed by atoms with Crippen LogP contribution in [-0.2, 0) is 13.2 Å². The van der Waals surface area contributed by atoms with Crippen molar-refractivity contribution < 1.29 is 24.1 Å². The molecule has 4 aromatic rings. The first-order valence-corrected chi connectivity index (χ1v) is 11.6. The van der Waals surface area contributed by atoms with Crippen molar-refractivity contribution in [2.75, 3.05) is 18.9 Å². The molecule has 34 heavy (non-hydrogen) atoms. The summed E-state index contributed by atoms with van der Waals surface area (Å²) in [7, 11) is 0. The zero-order chi connectivity index (χ0) is 23.9. The lowest BCUT2D eigenvalue weighted by atomic mass is 10.2. The number of pyridine rings is 1. The Bertz CT molecular complexity index is 1300. The maximum Gasteiger partial charge on any atom is 0.412 e. The number of aliphatic hydroxyl groups excluding tert-OH is 1. The highest BCUT2D eigenvalue weighted by molar-refractivity contribution is 7.17. The molecule has 0 aliphatic rings. The van der Waals surface area contributed by atoms with Crippen LogP contribution in [-0.4, -0.2) is 29.3 Å². The first-order chi connectivity index (χ1) is 16.5. The van der Waals surface area contributed by atoms with Crippen LogP contribution < -0.4 is 25.3 Å². The Morgan fingerprint density at radius 2 is 1.88 bits per heavy atom. The predicted octanol–water partition coefficient (Wildman–Crippen LogP) is 4.77. The van der Waals surface area contributed by atoms with Gasteiger partial charge in [-0.05, 0) is 35.2 Å². The van der Waals surface area contributed by atoms with E-state index < -0.39 is 6.09 Å². The number of carbonyl (C=O) groups is 1. The highest BCUT2D eigenvalue weighted by Crippen LogP contribution is 2.37. The number of anilines is 1. The summed E-state index contributed by atoms with van der Waals surface area (Å²) in [5.41, 5.74) is 7.88. The van der Waals surface area contributed by atoms with Crippen LogP contribution in [0.1, 0.15) is 11.1 Å². The molecule has 0 aliphatic carbocycles. The van der Waals surface area contributed by atoms with Crippen molar-refractivity contribution >= 4 is 44.9 Å². The van der Waals surface area contributed by atoms with Crippen LogP contribution in [0.3, 0.4) is 0 Å². The Morgan fingerprint density at radius 1 is 1.12 bits per heavy atom. The van der Waals surface area contributed by atoms with Crippen molar-refractivity contribution in [3.63, 3.8) is 0 Å². The number of nitrogens with two attached hydrogens (primary N) is 1. The average molecular weight is 500 g/mol. The molecule has 1 amide bonds. The zero-order valence-corrected chi connectivity index (χ0v) is 19.6. The number of ether oxygens (including phenoxy) is 3. The van der Waals surface area contributed by atoms with E-state index in [-0.39, 0.29) is 25.5 Å². The largest absolute Gasteiger partial charge is 0.489 e. The normalized spacial score (nSPS) is 10.8. The number of aliphatic hydroxyl groups is 1. The number of thiophene rings is 1. The van der Waals surface area contributed by atoms with Crippen LogP contribution in [0.2, 0.25) is 5.02 Å². The lowest BCUT2D eigenvalue weighted by Gasteiger charge is -2.10. The number of carbonyl (C=O) groups excluding carboxylic acids is 1. The number of aromatic nitrogens is 1. The van der Waals surface area contributed by atoms with Crippen molar-refractivity contribution in [3.8, 4) is 17.2 Å². The second kappa shape index (κ2) is 11.1. The van der Waals surface area contributed by atoms with Crippen molar-refractivity contribution in [1.29, 1.82) is 0 Å². The summed E-state index contributed by atoms with van der Waals surface area (Å²) in [6, 6.07) is 14.8. The number of nitrogen functional groups attached to an aromatic ring is 1. The van der Waals surface area contributed by atoms with E-state index in [4.69, 9.17) is 36.7 Å². The molecular weight excluding hydrogens is 478 g/mol. The van der Waals surface area contributed by atoms with Crippen LogP contribution in [0.15, 0.2) is 60.1 Å². The molecule has 0 unspecified atom stereocenters. The fraction of sp³-hybridized carbons (Fsp3) is 0.167. The second-order valence-corrected chi connectivity index (χ2v) is 8.51. The molecule has 0 fully saturated rings. The second-order valence-electron chi connectivity index (χ2n) is 7.19. The fourth-order valence-electron chi connectivity index (χ4n) is 3.19. The van der Waals surface area contributed by atoms with Gasteiger partial charge in [-0.15, -0.1) is 11.3 Å². The number of nitrogens with one attached hydrogen (secondary N) is 1.